The fraction of sp³-hybridized carbons (Fsp3) is 0.412. The molecule has 0 aliphatic carbocycles. The van der Waals surface area contributed by atoms with Crippen LogP contribution in [0.25, 0.3) is 32.7 Å². The first-order valence-corrected chi connectivity index (χ1v) is 14.5. The summed E-state index contributed by atoms with van der Waals surface area (Å²) in [5, 5.41) is 26.7. The van der Waals surface area contributed by atoms with Crippen molar-refractivity contribution in [3.8, 4) is 39.9 Å². The Hall–Kier alpha value is -3.72. The molecular weight excluding hydrogens is 536 g/mol. The van der Waals surface area contributed by atoms with E-state index in [2.05, 4.69) is 0 Å². The van der Waals surface area contributed by atoms with Gasteiger partial charge in [-0.2, -0.15) is 0 Å². The van der Waals surface area contributed by atoms with E-state index in [-0.39, 0.29) is 42.2 Å². The van der Waals surface area contributed by atoms with Crippen LogP contribution in [0.4, 0.5) is 0 Å². The van der Waals surface area contributed by atoms with Crippen molar-refractivity contribution in [1.82, 2.24) is 0 Å². The lowest BCUT2D eigenvalue weighted by Gasteiger charge is -2.22. The summed E-state index contributed by atoms with van der Waals surface area (Å²) < 4.78 is 35.8. The van der Waals surface area contributed by atoms with Gasteiger partial charge in [-0.05, 0) is 83.3 Å². The average molecular weight is 575 g/mol. The summed E-state index contributed by atoms with van der Waals surface area (Å²) in [5.41, 5.74) is 1.73. The van der Waals surface area contributed by atoms with Crippen LogP contribution in [-0.4, -0.2) is 55.3 Å². The minimum absolute atomic E-state index is 0.0352. The molecule has 4 aromatic rings. The second-order valence-corrected chi connectivity index (χ2v) is 11.7. The summed E-state index contributed by atoms with van der Waals surface area (Å²) >= 11 is 0. The highest BCUT2D eigenvalue weighted by Gasteiger charge is 2.40. The zero-order chi connectivity index (χ0) is 29.6. The lowest BCUT2D eigenvalue weighted by atomic mass is 9.87. The molecule has 0 spiro atoms. The van der Waals surface area contributed by atoms with Crippen molar-refractivity contribution in [1.29, 1.82) is 0 Å². The molecule has 4 bridgehead atoms. The zero-order valence-corrected chi connectivity index (χ0v) is 24.7. The third-order valence-electron chi connectivity index (χ3n) is 8.00. The smallest absolute Gasteiger partial charge is 0.188 e. The summed E-state index contributed by atoms with van der Waals surface area (Å²) in [6.07, 6.45) is 1.02. The first-order valence-electron chi connectivity index (χ1n) is 14.5. The summed E-state index contributed by atoms with van der Waals surface area (Å²) in [6.45, 7) is 8.72. The zero-order valence-electron chi connectivity index (χ0n) is 24.7. The topological polar surface area (TPSA) is 95.8 Å². The van der Waals surface area contributed by atoms with Gasteiger partial charge in [-0.15, -0.1) is 0 Å². The lowest BCUT2D eigenvalue weighted by molar-refractivity contribution is -0.147. The lowest BCUT2D eigenvalue weighted by Crippen LogP contribution is -2.26. The van der Waals surface area contributed by atoms with Gasteiger partial charge in [0.25, 0.3) is 0 Å². The molecular formula is C34H38O8. The van der Waals surface area contributed by atoms with E-state index in [9.17, 15) is 10.2 Å². The molecule has 0 amide bonds. The van der Waals surface area contributed by atoms with Gasteiger partial charge in [0.2, 0.25) is 0 Å². The van der Waals surface area contributed by atoms with Crippen molar-refractivity contribution in [2.45, 2.75) is 64.4 Å². The molecule has 2 atom stereocenters. The predicted octanol–water partition coefficient (Wildman–Crippen LogP) is 7.25. The molecule has 4 aromatic carbocycles. The Morgan fingerprint density at radius 2 is 1.36 bits per heavy atom. The number of phenolic OH excluding ortho intramolecular Hbond substituents is 2. The number of methoxy groups -OCH3 is 1. The van der Waals surface area contributed by atoms with E-state index >= 15 is 0 Å². The number of aromatic hydroxyl groups is 2. The molecule has 0 radical (unpaired) electrons. The van der Waals surface area contributed by atoms with Gasteiger partial charge in [-0.3, -0.25) is 0 Å². The number of hydrogen-bond donors (Lipinski definition) is 2. The summed E-state index contributed by atoms with van der Waals surface area (Å²) in [5.74, 6) is 0.912. The minimum Gasteiger partial charge on any atom is -0.507 e. The number of rotatable bonds is 4. The van der Waals surface area contributed by atoms with Gasteiger partial charge in [-0.1, -0.05) is 26.0 Å². The maximum absolute atomic E-state index is 11.8. The van der Waals surface area contributed by atoms with Gasteiger partial charge >= 0.3 is 0 Å². The van der Waals surface area contributed by atoms with Gasteiger partial charge in [0.15, 0.2) is 24.1 Å². The van der Waals surface area contributed by atoms with E-state index in [4.69, 9.17) is 28.4 Å². The molecule has 0 aromatic heterocycles. The fourth-order valence-electron chi connectivity index (χ4n) is 6.07. The van der Waals surface area contributed by atoms with Crippen LogP contribution in [0.2, 0.25) is 0 Å². The summed E-state index contributed by atoms with van der Waals surface area (Å²) in [7, 11) is 1.52. The van der Waals surface area contributed by atoms with E-state index in [0.717, 1.165) is 21.7 Å². The number of ether oxygens (including phenoxy) is 6. The average Bonchev–Trinajstić information content (AvgIpc) is 3.24. The Kier molecular flexibility index (Phi) is 7.55. The molecule has 0 saturated carbocycles. The van der Waals surface area contributed by atoms with Gasteiger partial charge in [0.05, 0.1) is 25.4 Å². The Labute approximate surface area is 245 Å². The standard InChI is InChI=1S/C34H38O8/c1-19(2)24-14-20-6-8-22-16-25(20)30(32(24)35)31-26-17-23(9-7-21(26)15-29(33(31)36)40-18-37-5)39-13-11-28-27(10-12-38-22)41-34(3,4)42-28/h6-9,14-17,19,27-28,35-36H,10-13,18H2,1-5H3/t27-,28-/m1/s1. The molecule has 0 unspecified atom stereocenters. The first-order chi connectivity index (χ1) is 20.1. The molecule has 6 rings (SSSR count). The van der Waals surface area contributed by atoms with Crippen molar-refractivity contribution in [2.24, 2.45) is 0 Å². The SMILES string of the molecule is COCOc1cc2ccc3cc2c(c1O)-c1c(O)c(C(C)C)cc2ccc(cc12)OCC[C@H]1OC(C)(C)O[C@@H]1CCO3. The number of benzene rings is 4. The van der Waals surface area contributed by atoms with Crippen molar-refractivity contribution < 1.29 is 38.6 Å². The van der Waals surface area contributed by atoms with Gasteiger partial charge in [0, 0.05) is 31.1 Å². The van der Waals surface area contributed by atoms with Gasteiger partial charge < -0.3 is 38.6 Å². The van der Waals surface area contributed by atoms with E-state index in [1.165, 1.54) is 7.11 Å². The minimum atomic E-state index is -0.681. The highest BCUT2D eigenvalue weighted by molar-refractivity contribution is 6.11. The van der Waals surface area contributed by atoms with Crippen LogP contribution in [0.1, 0.15) is 52.0 Å². The predicted molar refractivity (Wildman–Crippen MR) is 161 cm³/mol. The first kappa shape index (κ1) is 28.4. The monoisotopic (exact) mass is 574 g/mol. The van der Waals surface area contributed by atoms with Crippen LogP contribution in [-0.2, 0) is 14.2 Å². The van der Waals surface area contributed by atoms with Crippen molar-refractivity contribution in [2.75, 3.05) is 27.1 Å². The highest BCUT2D eigenvalue weighted by atomic mass is 16.8. The normalized spacial score (nSPS) is 20.1. The summed E-state index contributed by atoms with van der Waals surface area (Å²) in [6, 6.07) is 15.3. The molecule has 2 aliphatic rings. The van der Waals surface area contributed by atoms with Crippen LogP contribution in [0.5, 0.6) is 28.7 Å². The Morgan fingerprint density at radius 3 is 1.90 bits per heavy atom. The molecule has 1 fully saturated rings. The fourth-order valence-corrected chi connectivity index (χ4v) is 6.07. The van der Waals surface area contributed by atoms with E-state index in [0.29, 0.717) is 54.1 Å². The van der Waals surface area contributed by atoms with Crippen LogP contribution >= 0.6 is 0 Å². The second kappa shape index (κ2) is 11.2. The van der Waals surface area contributed by atoms with Crippen LogP contribution in [0, 0.1) is 0 Å². The molecule has 42 heavy (non-hydrogen) atoms. The van der Waals surface area contributed by atoms with Crippen molar-refractivity contribution in [3.63, 3.8) is 0 Å². The molecule has 2 aliphatic heterocycles. The third kappa shape index (κ3) is 5.30. The number of fused-ring (bicyclic) bond motifs is 4. The van der Waals surface area contributed by atoms with Crippen molar-refractivity contribution >= 4 is 21.5 Å². The van der Waals surface area contributed by atoms with Crippen LogP contribution < -0.4 is 14.2 Å². The number of hydrogen-bond acceptors (Lipinski definition) is 8. The van der Waals surface area contributed by atoms with E-state index in [1.807, 2.05) is 70.2 Å². The highest BCUT2D eigenvalue weighted by Crippen LogP contribution is 2.51. The number of phenols is 2. The molecule has 2 heterocycles. The van der Waals surface area contributed by atoms with Crippen LogP contribution in [0.15, 0.2) is 48.5 Å². The van der Waals surface area contributed by atoms with Crippen LogP contribution in [0.3, 0.4) is 0 Å². The second-order valence-electron chi connectivity index (χ2n) is 11.7. The van der Waals surface area contributed by atoms with E-state index < -0.39 is 5.79 Å². The Balaban J connectivity index is 1.60. The molecule has 8 heteroatoms. The maximum Gasteiger partial charge on any atom is 0.188 e. The molecule has 222 valence electrons. The molecule has 2 N–H and O–H groups in total. The van der Waals surface area contributed by atoms with Gasteiger partial charge in [0.1, 0.15) is 17.2 Å². The largest absolute Gasteiger partial charge is 0.507 e. The quantitative estimate of drug-likeness (QED) is 0.246. The van der Waals surface area contributed by atoms with Crippen molar-refractivity contribution in [3.05, 3.63) is 54.1 Å². The third-order valence-corrected chi connectivity index (χ3v) is 8.00. The van der Waals surface area contributed by atoms with E-state index in [1.54, 1.807) is 6.07 Å². The Morgan fingerprint density at radius 1 is 0.810 bits per heavy atom. The molecule has 1 saturated heterocycles. The Bertz CT molecular complexity index is 1630. The van der Waals surface area contributed by atoms with Gasteiger partial charge in [-0.25, -0.2) is 0 Å². The summed E-state index contributed by atoms with van der Waals surface area (Å²) in [4.78, 5) is 0. The maximum atomic E-state index is 11.8. The molecule has 8 nitrogen and oxygen atoms in total.